The van der Waals surface area contributed by atoms with Crippen molar-refractivity contribution < 1.29 is 14.3 Å². The summed E-state index contributed by atoms with van der Waals surface area (Å²) in [5.74, 6) is 1.52. The van der Waals surface area contributed by atoms with Gasteiger partial charge >= 0.3 is 0 Å². The topological polar surface area (TPSA) is 83.0 Å². The van der Waals surface area contributed by atoms with Crippen LogP contribution in [0.3, 0.4) is 0 Å². The fourth-order valence-corrected chi connectivity index (χ4v) is 4.25. The van der Waals surface area contributed by atoms with Gasteiger partial charge in [-0.3, -0.25) is 9.69 Å². The molecule has 0 bridgehead atoms. The van der Waals surface area contributed by atoms with E-state index in [4.69, 9.17) is 19.6 Å². The fourth-order valence-electron chi connectivity index (χ4n) is 4.25. The van der Waals surface area contributed by atoms with E-state index >= 15 is 0 Å². The third kappa shape index (κ3) is 4.24. The summed E-state index contributed by atoms with van der Waals surface area (Å²) in [7, 11) is 1.65. The molecule has 1 amide bonds. The van der Waals surface area contributed by atoms with E-state index in [0.717, 1.165) is 54.4 Å². The maximum absolute atomic E-state index is 13.2. The number of carbonyl (C=O) groups is 1. The minimum Gasteiger partial charge on any atom is -0.497 e. The third-order valence-corrected chi connectivity index (χ3v) is 6.07. The number of H-pyrrole nitrogens is 1. The van der Waals surface area contributed by atoms with Gasteiger partial charge in [-0.05, 0) is 29.8 Å². The Kier molecular flexibility index (Phi) is 5.87. The van der Waals surface area contributed by atoms with Gasteiger partial charge in [-0.2, -0.15) is 5.10 Å². The molecule has 1 aromatic heterocycles. The minimum atomic E-state index is -0.165. The number of hydrazone groups is 1. The Balaban J connectivity index is 1.39. The molecule has 1 unspecified atom stereocenters. The number of nitrogens with one attached hydrogen (secondary N) is 1. The maximum atomic E-state index is 13.2. The molecule has 3 heterocycles. The van der Waals surface area contributed by atoms with Gasteiger partial charge in [0.25, 0.3) is 0 Å². The number of para-hydroxylation sites is 2. The normalized spacial score (nSPS) is 19.3. The fraction of sp³-hybridized carbons (Fsp3) is 0.375. The number of morpholine rings is 1. The van der Waals surface area contributed by atoms with Crippen molar-refractivity contribution in [3.63, 3.8) is 0 Å². The lowest BCUT2D eigenvalue weighted by molar-refractivity contribution is -0.133. The van der Waals surface area contributed by atoms with Crippen molar-refractivity contribution in [2.45, 2.75) is 18.9 Å². The molecular formula is C24H27N5O3. The standard InChI is InChI=1S/C24H27N5O3/c1-31-18-8-6-17(7-9-18)22-16-21(24-25-19-4-2-3-5-20(19)26-24)27-29(22)23(30)10-11-28-12-14-32-15-13-28/h2-9,22H,10-16H2,1H3,(H,25,26). The van der Waals surface area contributed by atoms with Gasteiger partial charge < -0.3 is 14.5 Å². The van der Waals surface area contributed by atoms with Crippen LogP contribution in [-0.4, -0.2) is 71.5 Å². The van der Waals surface area contributed by atoms with Crippen molar-refractivity contribution in [1.82, 2.24) is 19.9 Å². The Morgan fingerprint density at radius 1 is 1.16 bits per heavy atom. The van der Waals surface area contributed by atoms with E-state index in [1.165, 1.54) is 0 Å². The molecule has 2 aliphatic rings. The van der Waals surface area contributed by atoms with Crippen LogP contribution in [0.4, 0.5) is 0 Å². The number of benzene rings is 2. The second-order valence-electron chi connectivity index (χ2n) is 8.08. The summed E-state index contributed by atoms with van der Waals surface area (Å²) >= 11 is 0. The van der Waals surface area contributed by atoms with E-state index in [1.54, 1.807) is 12.1 Å². The number of carbonyl (C=O) groups excluding carboxylic acids is 1. The van der Waals surface area contributed by atoms with Gasteiger partial charge in [0.05, 0.1) is 37.4 Å². The highest BCUT2D eigenvalue weighted by Gasteiger charge is 2.34. The minimum absolute atomic E-state index is 0.0171. The summed E-state index contributed by atoms with van der Waals surface area (Å²) < 4.78 is 10.7. The van der Waals surface area contributed by atoms with Crippen molar-refractivity contribution in [2.75, 3.05) is 40.0 Å². The molecule has 8 nitrogen and oxygen atoms in total. The molecule has 0 radical (unpaired) electrons. The summed E-state index contributed by atoms with van der Waals surface area (Å²) in [4.78, 5) is 23.6. The molecule has 0 saturated carbocycles. The molecule has 0 spiro atoms. The molecule has 2 aliphatic heterocycles. The highest BCUT2D eigenvalue weighted by molar-refractivity contribution is 6.02. The van der Waals surface area contributed by atoms with Crippen molar-refractivity contribution >= 4 is 22.7 Å². The average molecular weight is 434 g/mol. The summed E-state index contributed by atoms with van der Waals surface area (Å²) in [5.41, 5.74) is 3.67. The second-order valence-corrected chi connectivity index (χ2v) is 8.08. The van der Waals surface area contributed by atoms with Crippen molar-refractivity contribution in [3.05, 3.63) is 59.9 Å². The average Bonchev–Trinajstić information content (AvgIpc) is 3.48. The van der Waals surface area contributed by atoms with Crippen molar-refractivity contribution in [3.8, 4) is 5.75 Å². The van der Waals surface area contributed by atoms with Crippen LogP contribution in [0, 0.1) is 0 Å². The van der Waals surface area contributed by atoms with Gasteiger partial charge in [0.2, 0.25) is 5.91 Å². The van der Waals surface area contributed by atoms with E-state index < -0.39 is 0 Å². The van der Waals surface area contributed by atoms with Gasteiger partial charge in [-0.25, -0.2) is 9.99 Å². The first kappa shape index (κ1) is 20.7. The molecular weight excluding hydrogens is 406 g/mol. The van der Waals surface area contributed by atoms with Crippen LogP contribution in [0.5, 0.6) is 5.75 Å². The van der Waals surface area contributed by atoms with Gasteiger partial charge in [0.1, 0.15) is 11.5 Å². The van der Waals surface area contributed by atoms with E-state index in [9.17, 15) is 4.79 Å². The number of ether oxygens (including phenoxy) is 2. The largest absolute Gasteiger partial charge is 0.497 e. The Labute approximate surface area is 186 Å². The highest BCUT2D eigenvalue weighted by atomic mass is 16.5. The molecule has 166 valence electrons. The molecule has 2 aromatic carbocycles. The number of fused-ring (bicyclic) bond motifs is 1. The number of aromatic nitrogens is 2. The predicted octanol–water partition coefficient (Wildman–Crippen LogP) is 2.97. The number of aromatic amines is 1. The number of methoxy groups -OCH3 is 1. The number of amides is 1. The van der Waals surface area contributed by atoms with Crippen LogP contribution >= 0.6 is 0 Å². The van der Waals surface area contributed by atoms with Crippen LogP contribution in [0.25, 0.3) is 11.0 Å². The quantitative estimate of drug-likeness (QED) is 0.646. The van der Waals surface area contributed by atoms with Gasteiger partial charge in [0, 0.05) is 32.5 Å². The lowest BCUT2D eigenvalue weighted by atomic mass is 10.0. The number of imidazole rings is 1. The van der Waals surface area contributed by atoms with E-state index in [2.05, 4.69) is 9.88 Å². The SMILES string of the molecule is COc1ccc(C2CC(c3nc4ccccc4[nH]3)=NN2C(=O)CCN2CCOCC2)cc1. The molecule has 1 saturated heterocycles. The highest BCUT2D eigenvalue weighted by Crippen LogP contribution is 2.34. The molecule has 1 N–H and O–H groups in total. The van der Waals surface area contributed by atoms with Crippen LogP contribution in [0.15, 0.2) is 53.6 Å². The first-order valence-electron chi connectivity index (χ1n) is 11.0. The van der Waals surface area contributed by atoms with Crippen LogP contribution in [0.2, 0.25) is 0 Å². The third-order valence-electron chi connectivity index (χ3n) is 6.07. The number of hydrogen-bond donors (Lipinski definition) is 1. The molecule has 5 rings (SSSR count). The number of rotatable bonds is 6. The first-order chi connectivity index (χ1) is 15.7. The molecule has 1 atom stereocenters. The molecule has 0 aliphatic carbocycles. The maximum Gasteiger partial charge on any atom is 0.244 e. The Hall–Kier alpha value is -3.23. The number of hydrogen-bond acceptors (Lipinski definition) is 6. The molecule has 1 fully saturated rings. The van der Waals surface area contributed by atoms with Crippen molar-refractivity contribution in [1.29, 1.82) is 0 Å². The van der Waals surface area contributed by atoms with Gasteiger partial charge in [-0.15, -0.1) is 0 Å². The summed E-state index contributed by atoms with van der Waals surface area (Å²) in [6, 6.07) is 15.6. The van der Waals surface area contributed by atoms with Crippen LogP contribution in [-0.2, 0) is 9.53 Å². The van der Waals surface area contributed by atoms with Crippen LogP contribution in [0.1, 0.15) is 30.3 Å². The first-order valence-corrected chi connectivity index (χ1v) is 11.0. The van der Waals surface area contributed by atoms with Gasteiger partial charge in [0.15, 0.2) is 5.82 Å². The zero-order valence-corrected chi connectivity index (χ0v) is 18.2. The Morgan fingerprint density at radius 3 is 2.69 bits per heavy atom. The molecule has 32 heavy (non-hydrogen) atoms. The summed E-state index contributed by atoms with van der Waals surface area (Å²) in [6.07, 6.45) is 1.03. The van der Waals surface area contributed by atoms with E-state index in [0.29, 0.717) is 25.2 Å². The van der Waals surface area contributed by atoms with Crippen molar-refractivity contribution in [2.24, 2.45) is 5.10 Å². The smallest absolute Gasteiger partial charge is 0.244 e. The summed E-state index contributed by atoms with van der Waals surface area (Å²) in [5, 5.41) is 6.39. The molecule has 3 aromatic rings. The van der Waals surface area contributed by atoms with E-state index in [-0.39, 0.29) is 11.9 Å². The Morgan fingerprint density at radius 2 is 1.94 bits per heavy atom. The lowest BCUT2D eigenvalue weighted by Crippen LogP contribution is -2.39. The van der Waals surface area contributed by atoms with E-state index in [1.807, 2.05) is 48.5 Å². The number of nitrogens with zero attached hydrogens (tertiary/aromatic N) is 4. The Bertz CT molecular complexity index is 1090. The monoisotopic (exact) mass is 433 g/mol. The zero-order chi connectivity index (χ0) is 21.9. The lowest BCUT2D eigenvalue weighted by Gasteiger charge is -2.27. The molecule has 8 heteroatoms. The summed E-state index contributed by atoms with van der Waals surface area (Å²) in [6.45, 7) is 3.89. The van der Waals surface area contributed by atoms with Crippen LogP contribution < -0.4 is 4.74 Å². The second kappa shape index (κ2) is 9.10. The predicted molar refractivity (Wildman–Crippen MR) is 122 cm³/mol. The zero-order valence-electron chi connectivity index (χ0n) is 18.2. The van der Waals surface area contributed by atoms with Gasteiger partial charge in [-0.1, -0.05) is 24.3 Å².